The summed E-state index contributed by atoms with van der Waals surface area (Å²) in [7, 11) is 1.81. The summed E-state index contributed by atoms with van der Waals surface area (Å²) in [5.74, 6) is 0.628. The minimum atomic E-state index is -0.140. The van der Waals surface area contributed by atoms with Crippen LogP contribution in [0.3, 0.4) is 0 Å². The molecular weight excluding hydrogens is 284 g/mol. The van der Waals surface area contributed by atoms with Crippen molar-refractivity contribution < 1.29 is 13.9 Å². The van der Waals surface area contributed by atoms with Crippen LogP contribution in [0.2, 0.25) is 0 Å². The number of furan rings is 1. The third-order valence-electron chi connectivity index (χ3n) is 3.66. The Hall–Kier alpha value is -2.28. The standard InChI is InChI=1S/C15H20N4O3/c1-11-10-21-7-4-6-19(11)15(20)16-12-9-18(2)17-14(12)13-5-3-8-22-13/h3,5,8-9,11H,4,6-7,10H2,1-2H3,(H,16,20). The van der Waals surface area contributed by atoms with E-state index in [1.165, 1.54) is 0 Å². The Balaban J connectivity index is 1.79. The van der Waals surface area contributed by atoms with Crippen molar-refractivity contribution in [2.45, 2.75) is 19.4 Å². The molecule has 22 heavy (non-hydrogen) atoms. The maximum absolute atomic E-state index is 12.6. The van der Waals surface area contributed by atoms with E-state index < -0.39 is 0 Å². The monoisotopic (exact) mass is 304 g/mol. The molecule has 0 aromatic carbocycles. The van der Waals surface area contributed by atoms with Gasteiger partial charge in [0.05, 0.1) is 24.6 Å². The zero-order valence-electron chi connectivity index (χ0n) is 12.8. The maximum Gasteiger partial charge on any atom is 0.322 e. The average Bonchev–Trinajstić information content (AvgIpc) is 3.06. The van der Waals surface area contributed by atoms with Crippen LogP contribution in [-0.2, 0) is 11.8 Å². The van der Waals surface area contributed by atoms with Crippen molar-refractivity contribution in [3.8, 4) is 11.5 Å². The van der Waals surface area contributed by atoms with Crippen LogP contribution >= 0.6 is 0 Å². The zero-order valence-corrected chi connectivity index (χ0v) is 12.8. The Kier molecular flexibility index (Phi) is 4.15. The molecule has 1 aliphatic heterocycles. The number of hydrogen-bond acceptors (Lipinski definition) is 4. The molecule has 7 nitrogen and oxygen atoms in total. The Morgan fingerprint density at radius 2 is 2.36 bits per heavy atom. The summed E-state index contributed by atoms with van der Waals surface area (Å²) in [4.78, 5) is 14.4. The minimum absolute atomic E-state index is 0.0474. The molecule has 7 heteroatoms. The number of nitrogens with one attached hydrogen (secondary N) is 1. The van der Waals surface area contributed by atoms with Gasteiger partial charge in [0, 0.05) is 26.4 Å². The van der Waals surface area contributed by atoms with Gasteiger partial charge in [0.15, 0.2) is 11.5 Å². The molecule has 0 saturated carbocycles. The van der Waals surface area contributed by atoms with E-state index >= 15 is 0 Å². The summed E-state index contributed by atoms with van der Waals surface area (Å²) in [6.07, 6.45) is 4.20. The van der Waals surface area contributed by atoms with E-state index in [2.05, 4.69) is 10.4 Å². The Labute approximate surface area is 128 Å². The molecule has 1 aliphatic rings. The van der Waals surface area contributed by atoms with Crippen LogP contribution < -0.4 is 5.32 Å². The van der Waals surface area contributed by atoms with Gasteiger partial charge in [-0.1, -0.05) is 0 Å². The lowest BCUT2D eigenvalue weighted by molar-refractivity contribution is 0.116. The molecule has 2 aromatic heterocycles. The van der Waals surface area contributed by atoms with Crippen molar-refractivity contribution >= 4 is 11.7 Å². The predicted octanol–water partition coefficient (Wildman–Crippen LogP) is 2.32. The van der Waals surface area contributed by atoms with Crippen molar-refractivity contribution in [2.24, 2.45) is 7.05 Å². The molecule has 2 aromatic rings. The van der Waals surface area contributed by atoms with E-state index in [1.54, 1.807) is 28.1 Å². The maximum atomic E-state index is 12.6. The number of aromatic nitrogens is 2. The van der Waals surface area contributed by atoms with Crippen LogP contribution in [-0.4, -0.2) is 46.5 Å². The molecular formula is C15H20N4O3. The van der Waals surface area contributed by atoms with Crippen LogP contribution in [0.1, 0.15) is 13.3 Å². The number of urea groups is 1. The largest absolute Gasteiger partial charge is 0.463 e. The molecule has 1 N–H and O–H groups in total. The van der Waals surface area contributed by atoms with Crippen molar-refractivity contribution in [3.63, 3.8) is 0 Å². The molecule has 2 amide bonds. The van der Waals surface area contributed by atoms with Crippen molar-refractivity contribution in [1.82, 2.24) is 14.7 Å². The lowest BCUT2D eigenvalue weighted by Gasteiger charge is -2.26. The van der Waals surface area contributed by atoms with Gasteiger partial charge in [0.2, 0.25) is 0 Å². The predicted molar refractivity (Wildman–Crippen MR) is 81.5 cm³/mol. The van der Waals surface area contributed by atoms with Gasteiger partial charge in [0.25, 0.3) is 0 Å². The molecule has 0 aliphatic carbocycles. The smallest absolute Gasteiger partial charge is 0.322 e. The second-order valence-electron chi connectivity index (χ2n) is 5.44. The normalized spacial score (nSPS) is 19.0. The first-order valence-electron chi connectivity index (χ1n) is 7.38. The number of amides is 2. The first kappa shape index (κ1) is 14.6. The molecule has 0 spiro atoms. The third kappa shape index (κ3) is 2.99. The molecule has 1 unspecified atom stereocenters. The second-order valence-corrected chi connectivity index (χ2v) is 5.44. The van der Waals surface area contributed by atoms with Gasteiger partial charge in [-0.05, 0) is 25.5 Å². The summed E-state index contributed by atoms with van der Waals surface area (Å²) in [5.41, 5.74) is 1.26. The molecule has 1 fully saturated rings. The molecule has 0 bridgehead atoms. The fourth-order valence-corrected chi connectivity index (χ4v) is 2.57. The van der Waals surface area contributed by atoms with E-state index in [1.807, 2.05) is 20.0 Å². The van der Waals surface area contributed by atoms with Gasteiger partial charge >= 0.3 is 6.03 Å². The second kappa shape index (κ2) is 6.23. The van der Waals surface area contributed by atoms with Crippen LogP contribution in [0.4, 0.5) is 10.5 Å². The van der Waals surface area contributed by atoms with Gasteiger partial charge in [0.1, 0.15) is 0 Å². The average molecular weight is 304 g/mol. The third-order valence-corrected chi connectivity index (χ3v) is 3.66. The number of rotatable bonds is 2. The highest BCUT2D eigenvalue weighted by molar-refractivity contribution is 5.93. The Morgan fingerprint density at radius 1 is 1.50 bits per heavy atom. The summed E-state index contributed by atoms with van der Waals surface area (Å²) < 4.78 is 12.5. The van der Waals surface area contributed by atoms with Crippen molar-refractivity contribution in [2.75, 3.05) is 25.1 Å². The fraction of sp³-hybridized carbons (Fsp3) is 0.467. The number of anilines is 1. The highest BCUT2D eigenvalue weighted by Gasteiger charge is 2.24. The molecule has 0 radical (unpaired) electrons. The quantitative estimate of drug-likeness (QED) is 0.924. The van der Waals surface area contributed by atoms with Gasteiger partial charge in [-0.3, -0.25) is 4.68 Å². The topological polar surface area (TPSA) is 72.5 Å². The highest BCUT2D eigenvalue weighted by Crippen LogP contribution is 2.27. The van der Waals surface area contributed by atoms with Gasteiger partial charge in [-0.2, -0.15) is 5.10 Å². The van der Waals surface area contributed by atoms with E-state index in [0.29, 0.717) is 36.9 Å². The first-order valence-corrected chi connectivity index (χ1v) is 7.38. The highest BCUT2D eigenvalue weighted by atomic mass is 16.5. The number of aryl methyl sites for hydroxylation is 1. The molecule has 118 valence electrons. The van der Waals surface area contributed by atoms with Crippen molar-refractivity contribution in [1.29, 1.82) is 0 Å². The lowest BCUT2D eigenvalue weighted by Crippen LogP contribution is -2.42. The molecule has 1 saturated heterocycles. The number of ether oxygens (including phenoxy) is 1. The zero-order chi connectivity index (χ0) is 15.5. The van der Waals surface area contributed by atoms with Crippen molar-refractivity contribution in [3.05, 3.63) is 24.6 Å². The number of hydrogen-bond donors (Lipinski definition) is 1. The van der Waals surface area contributed by atoms with E-state index in [-0.39, 0.29) is 12.1 Å². The Bertz CT molecular complexity index is 635. The van der Waals surface area contributed by atoms with Gasteiger partial charge in [-0.25, -0.2) is 4.79 Å². The van der Waals surface area contributed by atoms with Crippen LogP contribution in [0.5, 0.6) is 0 Å². The fourth-order valence-electron chi connectivity index (χ4n) is 2.57. The van der Waals surface area contributed by atoms with E-state index in [4.69, 9.17) is 9.15 Å². The lowest BCUT2D eigenvalue weighted by atomic mass is 10.3. The van der Waals surface area contributed by atoms with Crippen LogP contribution in [0.25, 0.3) is 11.5 Å². The number of nitrogens with zero attached hydrogens (tertiary/aromatic N) is 3. The number of carbonyl (C=O) groups excluding carboxylic acids is 1. The molecule has 1 atom stereocenters. The molecule has 3 rings (SSSR count). The minimum Gasteiger partial charge on any atom is -0.463 e. The van der Waals surface area contributed by atoms with Gasteiger partial charge in [-0.15, -0.1) is 0 Å². The summed E-state index contributed by atoms with van der Waals surface area (Å²) in [6.45, 7) is 3.93. The summed E-state index contributed by atoms with van der Waals surface area (Å²) in [5, 5.41) is 7.29. The number of carbonyl (C=O) groups is 1. The van der Waals surface area contributed by atoms with Gasteiger partial charge < -0.3 is 19.4 Å². The van der Waals surface area contributed by atoms with E-state index in [9.17, 15) is 4.79 Å². The van der Waals surface area contributed by atoms with E-state index in [0.717, 1.165) is 6.42 Å². The van der Waals surface area contributed by atoms with Crippen LogP contribution in [0.15, 0.2) is 29.0 Å². The summed E-state index contributed by atoms with van der Waals surface area (Å²) >= 11 is 0. The first-order chi connectivity index (χ1) is 10.6. The summed E-state index contributed by atoms with van der Waals surface area (Å²) in [6, 6.07) is 3.52. The van der Waals surface area contributed by atoms with Crippen LogP contribution in [0, 0.1) is 0 Å². The molecule has 3 heterocycles. The SMILES string of the molecule is CC1COCCCN1C(=O)Nc1cn(C)nc1-c1ccco1. The Morgan fingerprint density at radius 3 is 3.14 bits per heavy atom.